The highest BCUT2D eigenvalue weighted by molar-refractivity contribution is 5.91. The van der Waals surface area contributed by atoms with Crippen LogP contribution in [0.15, 0.2) is 42.5 Å². The van der Waals surface area contributed by atoms with Crippen LogP contribution in [0.5, 0.6) is 23.0 Å². The first-order chi connectivity index (χ1) is 20.2. The van der Waals surface area contributed by atoms with Gasteiger partial charge in [-0.3, -0.25) is 4.79 Å². The molecule has 14 heteroatoms. The zero-order chi connectivity index (χ0) is 32.3. The number of hydrogen-bond donors (Lipinski definition) is 1. The first kappa shape index (κ1) is 33.9. The van der Waals surface area contributed by atoms with E-state index < -0.39 is 30.3 Å². The Morgan fingerprint density at radius 2 is 1.02 bits per heavy atom. The van der Waals surface area contributed by atoms with Crippen LogP contribution in [0.3, 0.4) is 0 Å². The van der Waals surface area contributed by atoms with Gasteiger partial charge in [-0.25, -0.2) is 19.2 Å². The van der Waals surface area contributed by atoms with E-state index in [0.29, 0.717) is 17.5 Å². The summed E-state index contributed by atoms with van der Waals surface area (Å²) < 4.78 is 21.3. The Bertz CT molecular complexity index is 1370. The lowest BCUT2D eigenvalue weighted by atomic mass is 10.1. The Balaban J connectivity index is 2.10. The van der Waals surface area contributed by atoms with Crippen molar-refractivity contribution in [2.24, 2.45) is 0 Å². The van der Waals surface area contributed by atoms with Gasteiger partial charge in [0.2, 0.25) is 5.91 Å². The van der Waals surface area contributed by atoms with E-state index in [1.165, 1.54) is 106 Å². The largest absolute Gasteiger partial charge is 0.414 e. The molecular weight excluding hydrogens is 562 g/mol. The van der Waals surface area contributed by atoms with Gasteiger partial charge in [-0.05, 0) is 47.9 Å². The van der Waals surface area contributed by atoms with E-state index >= 15 is 0 Å². The van der Waals surface area contributed by atoms with Gasteiger partial charge in [0.1, 0.15) is 0 Å². The fraction of sp³-hybridized carbons (Fsp3) is 0.345. The van der Waals surface area contributed by atoms with Crippen molar-refractivity contribution >= 4 is 36.4 Å². The van der Waals surface area contributed by atoms with Crippen molar-refractivity contribution in [1.29, 1.82) is 0 Å². The average molecular weight is 600 g/mol. The summed E-state index contributed by atoms with van der Waals surface area (Å²) in [6.07, 6.45) is 0.563. The van der Waals surface area contributed by atoms with E-state index in [4.69, 9.17) is 18.9 Å². The molecule has 0 aromatic heterocycles. The molecule has 0 radical (unpaired) electrons. The second-order valence-electron chi connectivity index (χ2n) is 9.91. The predicted molar refractivity (Wildman–Crippen MR) is 157 cm³/mol. The molecule has 0 fully saturated rings. The van der Waals surface area contributed by atoms with Crippen molar-refractivity contribution in [2.75, 3.05) is 62.9 Å². The van der Waals surface area contributed by atoms with Crippen LogP contribution < -0.4 is 24.3 Å². The molecule has 0 saturated carbocycles. The molecule has 2 aromatic rings. The number of amides is 5. The number of hydrogen-bond acceptors (Lipinski definition) is 9. The van der Waals surface area contributed by atoms with Crippen LogP contribution >= 0.6 is 0 Å². The first-order valence-corrected chi connectivity index (χ1v) is 13.0. The Hall–Kier alpha value is -5.27. The zero-order valence-corrected chi connectivity index (χ0v) is 25.5. The summed E-state index contributed by atoms with van der Waals surface area (Å²) in [4.78, 5) is 65.6. The minimum atomic E-state index is -0.676. The Kier molecular flexibility index (Phi) is 12.4. The number of nitrogens with one attached hydrogen (secondary N) is 1. The van der Waals surface area contributed by atoms with Gasteiger partial charge in [0, 0.05) is 69.0 Å². The summed E-state index contributed by atoms with van der Waals surface area (Å²) in [6.45, 7) is 0.242. The zero-order valence-electron chi connectivity index (χ0n) is 25.5. The van der Waals surface area contributed by atoms with Gasteiger partial charge < -0.3 is 43.9 Å². The van der Waals surface area contributed by atoms with Gasteiger partial charge in [0.25, 0.3) is 0 Å². The number of nitrogens with zero attached hydrogens (tertiary/aromatic N) is 4. The van der Waals surface area contributed by atoms with E-state index in [-0.39, 0.29) is 29.5 Å². The molecule has 14 nitrogen and oxygen atoms in total. The number of ether oxygens (including phenoxy) is 4. The van der Waals surface area contributed by atoms with E-state index in [1.807, 2.05) is 0 Å². The molecule has 43 heavy (non-hydrogen) atoms. The Morgan fingerprint density at radius 3 is 1.49 bits per heavy atom. The number of benzene rings is 2. The predicted octanol–water partition coefficient (Wildman–Crippen LogP) is 3.30. The highest BCUT2D eigenvalue weighted by Crippen LogP contribution is 2.31. The van der Waals surface area contributed by atoms with Gasteiger partial charge in [-0.15, -0.1) is 0 Å². The highest BCUT2D eigenvalue weighted by atomic mass is 16.6. The fourth-order valence-electron chi connectivity index (χ4n) is 2.97. The quantitative estimate of drug-likeness (QED) is 0.429. The normalized spacial score (nSPS) is 10.4. The maximum atomic E-state index is 12.5. The van der Waals surface area contributed by atoms with E-state index in [0.717, 1.165) is 0 Å². The summed E-state index contributed by atoms with van der Waals surface area (Å²) >= 11 is 0. The molecule has 0 saturated heterocycles. The summed E-state index contributed by atoms with van der Waals surface area (Å²) in [5, 5.41) is 2.75. The Labute approximate surface area is 250 Å². The molecule has 2 aromatic carbocycles. The number of carbonyl (C=O) groups is 5. The second-order valence-corrected chi connectivity index (χ2v) is 9.91. The smallest absolute Gasteiger partial charge is 0.406 e. The van der Waals surface area contributed by atoms with Crippen molar-refractivity contribution in [3.63, 3.8) is 0 Å². The van der Waals surface area contributed by atoms with Gasteiger partial charge in [-0.2, -0.15) is 0 Å². The van der Waals surface area contributed by atoms with Gasteiger partial charge in [-0.1, -0.05) is 12.1 Å². The van der Waals surface area contributed by atoms with E-state index in [9.17, 15) is 24.0 Å². The monoisotopic (exact) mass is 599 g/mol. The fourth-order valence-corrected chi connectivity index (χ4v) is 2.97. The van der Waals surface area contributed by atoms with Crippen LogP contribution in [0, 0.1) is 0 Å². The SMILES string of the molecule is CN(C)C(=O)Oc1ccc(/C=C/C(=O)NCCc2ccc(OC(=O)N(C)C)c(OC(=O)N(C)C)c2)cc1OC(=O)N(C)C. The standard InChI is InChI=1S/C29H37N5O9/c1-31(2)26(36)40-21-12-9-19(17-23(21)42-28(38)33(5)6)11-14-25(35)30-16-15-20-10-13-22(41-27(37)32(3)4)24(18-20)43-29(39)34(7)8/h9-14,17-18H,15-16H2,1-8H3,(H,30,35)/b14-11+. The van der Waals surface area contributed by atoms with Crippen molar-refractivity contribution in [2.45, 2.75) is 6.42 Å². The lowest BCUT2D eigenvalue weighted by Crippen LogP contribution is -2.27. The van der Waals surface area contributed by atoms with Gasteiger partial charge in [0.15, 0.2) is 23.0 Å². The molecule has 1 N–H and O–H groups in total. The van der Waals surface area contributed by atoms with Crippen molar-refractivity contribution in [3.05, 3.63) is 53.6 Å². The molecule has 0 spiro atoms. The van der Waals surface area contributed by atoms with Gasteiger partial charge >= 0.3 is 24.4 Å². The maximum absolute atomic E-state index is 12.5. The van der Waals surface area contributed by atoms with E-state index in [2.05, 4.69) is 5.32 Å². The molecule has 2 rings (SSSR count). The van der Waals surface area contributed by atoms with E-state index in [1.54, 1.807) is 18.2 Å². The molecule has 0 atom stereocenters. The molecule has 0 aliphatic heterocycles. The lowest BCUT2D eigenvalue weighted by Gasteiger charge is -2.16. The number of carbonyl (C=O) groups excluding carboxylic acids is 5. The van der Waals surface area contributed by atoms with Crippen molar-refractivity contribution < 1.29 is 42.9 Å². The lowest BCUT2D eigenvalue weighted by molar-refractivity contribution is -0.116. The van der Waals surface area contributed by atoms with Crippen LogP contribution in [0.25, 0.3) is 6.08 Å². The second kappa shape index (κ2) is 15.7. The van der Waals surface area contributed by atoms with Crippen LogP contribution in [0.4, 0.5) is 19.2 Å². The topological polar surface area (TPSA) is 147 Å². The third kappa shape index (κ3) is 10.9. The average Bonchev–Trinajstić information content (AvgIpc) is 2.93. The molecule has 0 heterocycles. The van der Waals surface area contributed by atoms with Crippen molar-refractivity contribution in [3.8, 4) is 23.0 Å². The maximum Gasteiger partial charge on any atom is 0.414 e. The minimum absolute atomic E-state index is 0.00179. The van der Waals surface area contributed by atoms with Crippen LogP contribution in [0.2, 0.25) is 0 Å². The highest BCUT2D eigenvalue weighted by Gasteiger charge is 2.18. The summed E-state index contributed by atoms with van der Waals surface area (Å²) in [7, 11) is 12.1. The summed E-state index contributed by atoms with van der Waals surface area (Å²) in [5.74, 6) is -0.229. The molecule has 5 amide bonds. The van der Waals surface area contributed by atoms with Crippen LogP contribution in [-0.2, 0) is 11.2 Å². The van der Waals surface area contributed by atoms with Crippen molar-refractivity contribution in [1.82, 2.24) is 24.9 Å². The number of rotatable bonds is 9. The third-order valence-corrected chi connectivity index (χ3v) is 5.37. The summed E-state index contributed by atoms with van der Waals surface area (Å²) in [5.41, 5.74) is 1.22. The summed E-state index contributed by atoms with van der Waals surface area (Å²) in [6, 6.07) is 9.27. The Morgan fingerprint density at radius 1 is 0.605 bits per heavy atom. The van der Waals surface area contributed by atoms with Crippen LogP contribution in [-0.4, -0.2) is 113 Å². The molecule has 0 bridgehead atoms. The molecule has 232 valence electrons. The third-order valence-electron chi connectivity index (χ3n) is 5.37. The first-order valence-electron chi connectivity index (χ1n) is 13.0. The molecular formula is C29H37N5O9. The minimum Gasteiger partial charge on any atom is -0.406 e. The van der Waals surface area contributed by atoms with Crippen LogP contribution in [0.1, 0.15) is 11.1 Å². The molecule has 0 aliphatic carbocycles. The van der Waals surface area contributed by atoms with Gasteiger partial charge in [0.05, 0.1) is 0 Å². The molecule has 0 aliphatic rings. The molecule has 0 unspecified atom stereocenters.